The highest BCUT2D eigenvalue weighted by molar-refractivity contribution is 7.89. The molecule has 0 bridgehead atoms. The number of nitrogens with one attached hydrogen (secondary N) is 2. The van der Waals surface area contributed by atoms with E-state index in [-0.39, 0.29) is 23.8 Å². The van der Waals surface area contributed by atoms with E-state index in [0.29, 0.717) is 23.8 Å². The van der Waals surface area contributed by atoms with Gasteiger partial charge in [-0.3, -0.25) is 4.79 Å². The van der Waals surface area contributed by atoms with Gasteiger partial charge in [-0.25, -0.2) is 13.1 Å². The maximum Gasteiger partial charge on any atom is 0.240 e. The molecule has 0 unspecified atom stereocenters. The summed E-state index contributed by atoms with van der Waals surface area (Å²) in [5.74, 6) is 0.785. The number of anilines is 1. The van der Waals surface area contributed by atoms with E-state index < -0.39 is 10.0 Å². The average molecular weight is 407 g/mol. The molecule has 0 aliphatic rings. The molecule has 0 aliphatic heterocycles. The lowest BCUT2D eigenvalue weighted by atomic mass is 10.1. The maximum absolute atomic E-state index is 12.3. The van der Waals surface area contributed by atoms with Crippen LogP contribution in [0.15, 0.2) is 41.3 Å². The van der Waals surface area contributed by atoms with Gasteiger partial charge in [0, 0.05) is 24.7 Å². The van der Waals surface area contributed by atoms with Crippen LogP contribution < -0.4 is 19.5 Å². The van der Waals surface area contributed by atoms with Crippen LogP contribution in [-0.4, -0.2) is 34.6 Å². The monoisotopic (exact) mass is 406 g/mol. The van der Waals surface area contributed by atoms with Crippen molar-refractivity contribution < 1.29 is 22.7 Å². The Morgan fingerprint density at radius 2 is 1.79 bits per heavy atom. The van der Waals surface area contributed by atoms with Gasteiger partial charge in [-0.15, -0.1) is 0 Å². The van der Waals surface area contributed by atoms with E-state index in [0.717, 1.165) is 11.1 Å². The van der Waals surface area contributed by atoms with Crippen molar-refractivity contribution in [3.8, 4) is 11.5 Å². The first kappa shape index (κ1) is 21.7. The second-order valence-electron chi connectivity index (χ2n) is 6.24. The molecule has 2 rings (SSSR count). The fourth-order valence-electron chi connectivity index (χ4n) is 2.51. The zero-order valence-electron chi connectivity index (χ0n) is 16.5. The maximum atomic E-state index is 12.3. The number of rotatable bonds is 9. The molecule has 152 valence electrons. The highest BCUT2D eigenvalue weighted by Gasteiger charge is 2.15. The molecule has 1 amide bonds. The minimum absolute atomic E-state index is 0.000396. The van der Waals surface area contributed by atoms with Gasteiger partial charge in [0.15, 0.2) is 11.5 Å². The Bertz CT molecular complexity index is 942. The molecular weight excluding hydrogens is 380 g/mol. The molecule has 0 fully saturated rings. The Kier molecular flexibility index (Phi) is 7.42. The minimum atomic E-state index is -3.66. The summed E-state index contributed by atoms with van der Waals surface area (Å²) in [6.07, 6.45) is -0.000396. The van der Waals surface area contributed by atoms with Gasteiger partial charge in [-0.2, -0.15) is 0 Å². The van der Waals surface area contributed by atoms with E-state index in [1.54, 1.807) is 36.4 Å². The number of hydrogen-bond donors (Lipinski definition) is 2. The van der Waals surface area contributed by atoms with Gasteiger partial charge in [0.2, 0.25) is 15.9 Å². The van der Waals surface area contributed by atoms with Crippen molar-refractivity contribution in [2.75, 3.05) is 25.6 Å². The smallest absolute Gasteiger partial charge is 0.240 e. The Morgan fingerprint density at radius 3 is 2.43 bits per heavy atom. The average Bonchev–Trinajstić information content (AvgIpc) is 2.65. The van der Waals surface area contributed by atoms with Crippen LogP contribution in [0, 0.1) is 13.8 Å². The van der Waals surface area contributed by atoms with Gasteiger partial charge in [0.05, 0.1) is 18.6 Å². The summed E-state index contributed by atoms with van der Waals surface area (Å²) in [4.78, 5) is 12.3. The van der Waals surface area contributed by atoms with E-state index in [1.165, 1.54) is 7.11 Å². The quantitative estimate of drug-likeness (QED) is 0.668. The van der Waals surface area contributed by atoms with E-state index in [4.69, 9.17) is 9.47 Å². The normalized spacial score (nSPS) is 11.1. The summed E-state index contributed by atoms with van der Waals surface area (Å²) < 4.78 is 37.8. The molecule has 0 saturated heterocycles. The molecule has 2 aromatic rings. The van der Waals surface area contributed by atoms with Gasteiger partial charge in [-0.1, -0.05) is 6.07 Å². The third-order valence-corrected chi connectivity index (χ3v) is 5.64. The number of methoxy groups -OCH3 is 1. The van der Waals surface area contributed by atoms with Crippen LogP contribution in [0.2, 0.25) is 0 Å². The Labute approximate surface area is 166 Å². The second-order valence-corrected chi connectivity index (χ2v) is 8.01. The van der Waals surface area contributed by atoms with Crippen LogP contribution in [0.4, 0.5) is 5.69 Å². The first-order valence-corrected chi connectivity index (χ1v) is 10.4. The first-order valence-electron chi connectivity index (χ1n) is 8.94. The van der Waals surface area contributed by atoms with Crippen LogP contribution in [0.3, 0.4) is 0 Å². The van der Waals surface area contributed by atoms with Crippen LogP contribution >= 0.6 is 0 Å². The summed E-state index contributed by atoms with van der Waals surface area (Å²) >= 11 is 0. The minimum Gasteiger partial charge on any atom is -0.493 e. The van der Waals surface area contributed by atoms with Crippen molar-refractivity contribution in [3.05, 3.63) is 47.5 Å². The SMILES string of the molecule is CCOc1ccc(NC(=O)CCNS(=O)(=O)c2ccc(C)c(C)c2)cc1OC. The zero-order chi connectivity index (χ0) is 20.7. The third kappa shape index (κ3) is 5.71. The molecule has 0 atom stereocenters. The lowest BCUT2D eigenvalue weighted by Gasteiger charge is -2.12. The number of aryl methyl sites for hydroxylation is 2. The fraction of sp³-hybridized carbons (Fsp3) is 0.350. The molecule has 2 aromatic carbocycles. The molecular formula is C20H26N2O5S. The molecule has 28 heavy (non-hydrogen) atoms. The number of amides is 1. The van der Waals surface area contributed by atoms with Crippen molar-refractivity contribution in [3.63, 3.8) is 0 Å². The lowest BCUT2D eigenvalue weighted by molar-refractivity contribution is -0.116. The van der Waals surface area contributed by atoms with Gasteiger partial charge < -0.3 is 14.8 Å². The van der Waals surface area contributed by atoms with Gasteiger partial charge in [0.25, 0.3) is 0 Å². The Morgan fingerprint density at radius 1 is 1.04 bits per heavy atom. The molecule has 7 nitrogen and oxygen atoms in total. The van der Waals surface area contributed by atoms with E-state index >= 15 is 0 Å². The highest BCUT2D eigenvalue weighted by Crippen LogP contribution is 2.30. The topological polar surface area (TPSA) is 93.7 Å². The Hall–Kier alpha value is -2.58. The van der Waals surface area contributed by atoms with Gasteiger partial charge in [-0.05, 0) is 56.2 Å². The number of carbonyl (C=O) groups is 1. The zero-order valence-corrected chi connectivity index (χ0v) is 17.4. The summed E-state index contributed by atoms with van der Waals surface area (Å²) in [6.45, 7) is 6.14. The molecule has 0 spiro atoms. The predicted octanol–water partition coefficient (Wildman–Crippen LogP) is 3.02. The highest BCUT2D eigenvalue weighted by atomic mass is 32.2. The molecule has 0 radical (unpaired) electrons. The third-order valence-electron chi connectivity index (χ3n) is 4.18. The standard InChI is InChI=1S/C20H26N2O5S/c1-5-27-18-9-7-16(13-19(18)26-4)22-20(23)10-11-21-28(24,25)17-8-6-14(2)15(3)12-17/h6-9,12-13,21H,5,10-11H2,1-4H3,(H,22,23). The first-order chi connectivity index (χ1) is 13.3. The summed E-state index contributed by atoms with van der Waals surface area (Å²) in [5.41, 5.74) is 2.46. The Balaban J connectivity index is 1.92. The summed E-state index contributed by atoms with van der Waals surface area (Å²) in [7, 11) is -2.14. The van der Waals surface area contributed by atoms with Crippen LogP contribution in [0.25, 0.3) is 0 Å². The number of benzene rings is 2. The summed E-state index contributed by atoms with van der Waals surface area (Å²) in [6, 6.07) is 9.99. The van der Waals surface area contributed by atoms with E-state index in [1.807, 2.05) is 20.8 Å². The second kappa shape index (κ2) is 9.57. The van der Waals surface area contributed by atoms with Crippen LogP contribution in [0.5, 0.6) is 11.5 Å². The molecule has 0 aliphatic carbocycles. The predicted molar refractivity (Wildman–Crippen MR) is 109 cm³/mol. The molecule has 8 heteroatoms. The number of carbonyl (C=O) groups excluding carboxylic acids is 1. The van der Waals surface area contributed by atoms with E-state index in [9.17, 15) is 13.2 Å². The van der Waals surface area contributed by atoms with Gasteiger partial charge >= 0.3 is 0 Å². The van der Waals surface area contributed by atoms with Crippen LogP contribution in [0.1, 0.15) is 24.5 Å². The largest absolute Gasteiger partial charge is 0.493 e. The molecule has 0 saturated carbocycles. The lowest BCUT2D eigenvalue weighted by Crippen LogP contribution is -2.28. The van der Waals surface area contributed by atoms with Crippen molar-refractivity contribution >= 4 is 21.6 Å². The van der Waals surface area contributed by atoms with Crippen molar-refractivity contribution in [1.29, 1.82) is 0 Å². The van der Waals surface area contributed by atoms with Crippen molar-refractivity contribution in [1.82, 2.24) is 4.72 Å². The molecule has 2 N–H and O–H groups in total. The number of hydrogen-bond acceptors (Lipinski definition) is 5. The molecule has 0 aromatic heterocycles. The number of ether oxygens (including phenoxy) is 2. The number of sulfonamides is 1. The molecule has 0 heterocycles. The van der Waals surface area contributed by atoms with Crippen molar-refractivity contribution in [2.45, 2.75) is 32.1 Å². The fourth-order valence-corrected chi connectivity index (χ4v) is 3.62. The van der Waals surface area contributed by atoms with Crippen molar-refractivity contribution in [2.24, 2.45) is 0 Å². The van der Waals surface area contributed by atoms with Crippen LogP contribution in [-0.2, 0) is 14.8 Å². The summed E-state index contributed by atoms with van der Waals surface area (Å²) in [5, 5.41) is 2.72. The van der Waals surface area contributed by atoms with Gasteiger partial charge in [0.1, 0.15) is 0 Å². The van der Waals surface area contributed by atoms with E-state index in [2.05, 4.69) is 10.0 Å².